The third kappa shape index (κ3) is 0.612. The van der Waals surface area contributed by atoms with Crippen LogP contribution in [-0.4, -0.2) is 6.61 Å². The molecule has 0 aromatic heterocycles. The van der Waals surface area contributed by atoms with Crippen LogP contribution in [0.4, 0.5) is 0 Å². The highest BCUT2D eigenvalue weighted by Gasteiger charge is 1.75. The number of allylic oxidation sites excluding steroid dienone is 2. The Balaban J connectivity index is 0. The number of hydrogen-bond donors (Lipinski definition) is 0. The van der Waals surface area contributed by atoms with Gasteiger partial charge in [0.25, 0.3) is 0 Å². The molecule has 0 unspecified atom stereocenters. The van der Waals surface area contributed by atoms with Gasteiger partial charge in [0, 0.05) is 0 Å². The van der Waals surface area contributed by atoms with Crippen molar-refractivity contribution in [2.45, 2.75) is 0 Å². The Kier molecular flexibility index (Phi) is 0.955. The molecule has 0 saturated carbocycles. The van der Waals surface area contributed by atoms with Crippen molar-refractivity contribution >= 4 is 0 Å². The maximum Gasteiger partial charge on any atom is 1.00 e. The maximum absolute atomic E-state index is 4.80. The van der Waals surface area contributed by atoms with Crippen LogP contribution in [0.5, 0.6) is 0 Å². The fourth-order valence-corrected chi connectivity index (χ4v) is 0.346. The van der Waals surface area contributed by atoms with E-state index in [-0.39, 0.29) is 2.85 Å². The van der Waals surface area contributed by atoms with Gasteiger partial charge in [-0.15, -0.1) is 0 Å². The summed E-state index contributed by atoms with van der Waals surface area (Å²) in [6.07, 6.45) is 7.47. The van der Waals surface area contributed by atoms with Gasteiger partial charge in [0.1, 0.15) is 6.61 Å². The monoisotopic (exact) mass is 84.1 g/mol. The molecule has 1 aliphatic heterocycles. The first-order chi connectivity index (χ1) is 3.00. The molecule has 0 spiro atoms. The fraction of sp³-hybridized carbons (Fsp3) is 0.200. The summed E-state index contributed by atoms with van der Waals surface area (Å²) in [5.41, 5.74) is 0. The van der Waals surface area contributed by atoms with Crippen molar-refractivity contribution in [1.82, 2.24) is 0 Å². The van der Waals surface area contributed by atoms with E-state index in [0.717, 1.165) is 6.61 Å². The molecular weight excluding hydrogens is 76.1 g/mol. The smallest absolute Gasteiger partial charge is 0.497 e. The molecule has 32 valence electrons. The molecule has 6 heavy (non-hydrogen) atoms. The Bertz CT molecular complexity index is 76.4. The fourth-order valence-electron chi connectivity index (χ4n) is 0.346. The van der Waals surface area contributed by atoms with Gasteiger partial charge in [-0.3, -0.25) is 0 Å². The lowest BCUT2D eigenvalue weighted by atomic mass is 10.5. The lowest BCUT2D eigenvalue weighted by Gasteiger charge is -1.94. The highest BCUT2D eigenvalue weighted by atomic mass is 16.5. The third-order valence-corrected chi connectivity index (χ3v) is 0.614. The van der Waals surface area contributed by atoms with E-state index in [1.54, 1.807) is 6.26 Å². The van der Waals surface area contributed by atoms with Crippen molar-refractivity contribution in [3.05, 3.63) is 24.5 Å². The summed E-state index contributed by atoms with van der Waals surface area (Å²) in [6.45, 7) is 0.733. The van der Waals surface area contributed by atoms with Gasteiger partial charge >= 0.3 is 2.85 Å². The first-order valence-corrected chi connectivity index (χ1v) is 1.93. The van der Waals surface area contributed by atoms with Gasteiger partial charge in [-0.2, -0.15) is 0 Å². The number of rotatable bonds is 0. The molecular formula is C5H8O+2. The Labute approximate surface area is 39.9 Å². The quantitative estimate of drug-likeness (QED) is 0.430. The molecule has 0 aliphatic carbocycles. The van der Waals surface area contributed by atoms with Crippen LogP contribution < -0.4 is 0 Å². The van der Waals surface area contributed by atoms with Crippen molar-refractivity contribution in [3.63, 3.8) is 0 Å². The largest absolute Gasteiger partial charge is 1.00 e. The maximum atomic E-state index is 4.80. The van der Waals surface area contributed by atoms with Crippen molar-refractivity contribution in [2.24, 2.45) is 0 Å². The van der Waals surface area contributed by atoms with Gasteiger partial charge in [-0.1, -0.05) is 6.08 Å². The Morgan fingerprint density at radius 2 is 2.50 bits per heavy atom. The second-order valence-corrected chi connectivity index (χ2v) is 1.09. The average molecular weight is 84.1 g/mol. The van der Waals surface area contributed by atoms with Crippen LogP contribution >= 0.6 is 0 Å². The van der Waals surface area contributed by atoms with E-state index in [9.17, 15) is 0 Å². The van der Waals surface area contributed by atoms with Gasteiger partial charge in [-0.25, -0.2) is 0 Å². The molecule has 0 saturated heterocycles. The van der Waals surface area contributed by atoms with Crippen LogP contribution in [0.1, 0.15) is 2.85 Å². The van der Waals surface area contributed by atoms with Crippen LogP contribution in [0.25, 0.3) is 0 Å². The summed E-state index contributed by atoms with van der Waals surface area (Å²) in [4.78, 5) is 0. The van der Waals surface area contributed by atoms with E-state index in [0.29, 0.717) is 0 Å². The molecule has 0 N–H and O–H groups in total. The van der Waals surface area contributed by atoms with Crippen LogP contribution in [0.2, 0.25) is 0 Å². The van der Waals surface area contributed by atoms with Gasteiger partial charge in [0.05, 0.1) is 6.26 Å². The normalized spacial score (nSPS) is 17.3. The predicted octanol–water partition coefficient (Wildman–Crippen LogP) is 1.31. The molecule has 0 fully saturated rings. The summed E-state index contributed by atoms with van der Waals surface area (Å²) in [7, 11) is 0. The first-order valence-electron chi connectivity index (χ1n) is 1.93. The highest BCUT2D eigenvalue weighted by molar-refractivity contribution is 5.02. The SMILES string of the molecule is C1=CCOC=C1.[H+].[H+]. The van der Waals surface area contributed by atoms with Crippen LogP contribution in [0.15, 0.2) is 24.5 Å². The zero-order chi connectivity index (χ0) is 4.24. The molecule has 0 amide bonds. The van der Waals surface area contributed by atoms with Gasteiger partial charge in [0.15, 0.2) is 0 Å². The molecule has 0 bridgehead atoms. The van der Waals surface area contributed by atoms with Crippen LogP contribution in [-0.2, 0) is 4.74 Å². The minimum atomic E-state index is 0. The van der Waals surface area contributed by atoms with E-state index in [1.807, 2.05) is 18.2 Å². The standard InChI is InChI=1S/C5H6O/c1-2-4-6-5-3-1/h1-4H,5H2/p+2. The zero-order valence-electron chi connectivity index (χ0n) is 5.42. The predicted molar refractivity (Wildman–Crippen MR) is 26.5 cm³/mol. The lowest BCUT2D eigenvalue weighted by Crippen LogP contribution is -1.82. The summed E-state index contributed by atoms with van der Waals surface area (Å²) in [5.74, 6) is 0. The molecule has 1 nitrogen and oxygen atoms in total. The molecule has 0 radical (unpaired) electrons. The van der Waals surface area contributed by atoms with Gasteiger partial charge in [-0.05, 0) is 12.2 Å². The van der Waals surface area contributed by atoms with E-state index in [2.05, 4.69) is 0 Å². The summed E-state index contributed by atoms with van der Waals surface area (Å²) in [6, 6.07) is 0. The van der Waals surface area contributed by atoms with Gasteiger partial charge in [0.2, 0.25) is 0 Å². The Hall–Kier alpha value is -0.720. The molecule has 1 heterocycles. The number of hydrogen-bond acceptors (Lipinski definition) is 1. The summed E-state index contributed by atoms with van der Waals surface area (Å²) in [5, 5.41) is 0. The second-order valence-electron chi connectivity index (χ2n) is 1.09. The molecule has 1 aliphatic rings. The topological polar surface area (TPSA) is 9.23 Å². The van der Waals surface area contributed by atoms with Crippen molar-refractivity contribution in [3.8, 4) is 0 Å². The summed E-state index contributed by atoms with van der Waals surface area (Å²) < 4.78 is 4.80. The first kappa shape index (κ1) is 3.47. The molecule has 0 aromatic rings. The molecule has 1 heteroatoms. The minimum absolute atomic E-state index is 0. The molecule has 0 aromatic carbocycles. The van der Waals surface area contributed by atoms with Crippen molar-refractivity contribution in [2.75, 3.05) is 6.61 Å². The minimum Gasteiger partial charge on any atom is -0.497 e. The van der Waals surface area contributed by atoms with Gasteiger partial charge < -0.3 is 4.74 Å². The van der Waals surface area contributed by atoms with Crippen molar-refractivity contribution < 1.29 is 7.59 Å². The highest BCUT2D eigenvalue weighted by Crippen LogP contribution is 1.87. The van der Waals surface area contributed by atoms with E-state index in [1.165, 1.54) is 0 Å². The van der Waals surface area contributed by atoms with Crippen LogP contribution in [0.3, 0.4) is 0 Å². The second kappa shape index (κ2) is 1.65. The Morgan fingerprint density at radius 1 is 1.50 bits per heavy atom. The van der Waals surface area contributed by atoms with Crippen LogP contribution in [0, 0.1) is 0 Å². The zero-order valence-corrected chi connectivity index (χ0v) is 3.42. The van der Waals surface area contributed by atoms with E-state index in [4.69, 9.17) is 4.74 Å². The Morgan fingerprint density at radius 3 is 2.67 bits per heavy atom. The molecule has 0 atom stereocenters. The molecule has 1 rings (SSSR count). The van der Waals surface area contributed by atoms with E-state index < -0.39 is 0 Å². The number of ether oxygens (including phenoxy) is 1. The lowest BCUT2D eigenvalue weighted by molar-refractivity contribution is 0.286. The summed E-state index contributed by atoms with van der Waals surface area (Å²) >= 11 is 0. The third-order valence-electron chi connectivity index (χ3n) is 0.614. The average Bonchev–Trinajstić information content (AvgIpc) is 1.72. The van der Waals surface area contributed by atoms with Crippen molar-refractivity contribution in [1.29, 1.82) is 0 Å². The van der Waals surface area contributed by atoms with E-state index >= 15 is 0 Å².